The number of rotatable bonds is 2. The van der Waals surface area contributed by atoms with Crippen molar-refractivity contribution in [3.63, 3.8) is 0 Å². The lowest BCUT2D eigenvalue weighted by Crippen LogP contribution is -2.34. The van der Waals surface area contributed by atoms with E-state index in [1.54, 1.807) is 11.6 Å². The van der Waals surface area contributed by atoms with Gasteiger partial charge in [-0.1, -0.05) is 11.3 Å². The van der Waals surface area contributed by atoms with E-state index < -0.39 is 5.91 Å². The number of fused-ring (bicyclic) bond motifs is 2. The third-order valence-electron chi connectivity index (χ3n) is 4.14. The van der Waals surface area contributed by atoms with Crippen LogP contribution in [0.4, 0.5) is 0 Å². The Morgan fingerprint density at radius 1 is 1.16 bits per heavy atom. The highest BCUT2D eigenvalue weighted by Crippen LogP contribution is 2.35. The zero-order valence-corrected chi connectivity index (χ0v) is 14.3. The van der Waals surface area contributed by atoms with E-state index in [9.17, 15) is 14.4 Å². The summed E-state index contributed by atoms with van der Waals surface area (Å²) >= 11 is 1.34. The zero-order valence-electron chi connectivity index (χ0n) is 13.5. The van der Waals surface area contributed by atoms with Gasteiger partial charge in [-0.05, 0) is 0 Å². The Labute approximate surface area is 146 Å². The van der Waals surface area contributed by atoms with E-state index in [-0.39, 0.29) is 31.2 Å². The van der Waals surface area contributed by atoms with E-state index in [1.165, 1.54) is 11.3 Å². The summed E-state index contributed by atoms with van der Waals surface area (Å²) in [5, 5.41) is 0. The number of carbonyl (C=O) groups excluding carboxylic acids is 3. The lowest BCUT2D eigenvalue weighted by molar-refractivity contribution is -0.141. The van der Waals surface area contributed by atoms with Crippen molar-refractivity contribution in [2.45, 2.75) is 12.8 Å². The van der Waals surface area contributed by atoms with Crippen LogP contribution in [0.3, 0.4) is 0 Å². The van der Waals surface area contributed by atoms with Crippen LogP contribution < -0.4 is 14.3 Å². The summed E-state index contributed by atoms with van der Waals surface area (Å²) < 4.78 is 13.8. The van der Waals surface area contributed by atoms with Crippen molar-refractivity contribution in [1.82, 2.24) is 9.47 Å². The molecule has 4 rings (SSSR count). The first kappa shape index (κ1) is 15.8. The van der Waals surface area contributed by atoms with E-state index in [4.69, 9.17) is 9.47 Å². The first-order chi connectivity index (χ1) is 12.0. The lowest BCUT2D eigenvalue weighted by Gasteiger charge is -2.18. The van der Waals surface area contributed by atoms with Crippen LogP contribution in [0.15, 0.2) is 17.1 Å². The summed E-state index contributed by atoms with van der Waals surface area (Å²) in [6.45, 7) is 0.693. The van der Waals surface area contributed by atoms with Gasteiger partial charge in [0.05, 0.1) is 10.2 Å². The maximum atomic E-state index is 12.2. The molecule has 2 aliphatic heterocycles. The van der Waals surface area contributed by atoms with Crippen molar-refractivity contribution in [2.24, 2.45) is 12.0 Å². The molecular formula is C16H15N3O5S. The van der Waals surface area contributed by atoms with Crippen molar-refractivity contribution < 1.29 is 23.9 Å². The summed E-state index contributed by atoms with van der Waals surface area (Å²) in [6, 6.07) is 3.73. The second-order valence-corrected chi connectivity index (χ2v) is 6.80. The Kier molecular flexibility index (Phi) is 3.79. The second kappa shape index (κ2) is 5.99. The summed E-state index contributed by atoms with van der Waals surface area (Å²) in [7, 11) is 1.80. The van der Waals surface area contributed by atoms with Crippen LogP contribution in [-0.4, -0.2) is 46.9 Å². The molecule has 0 aliphatic carbocycles. The molecule has 25 heavy (non-hydrogen) atoms. The van der Waals surface area contributed by atoms with Crippen molar-refractivity contribution in [3.05, 3.63) is 16.9 Å². The van der Waals surface area contributed by atoms with E-state index in [2.05, 4.69) is 4.99 Å². The molecule has 130 valence electrons. The number of imide groups is 1. The molecule has 0 spiro atoms. The van der Waals surface area contributed by atoms with Gasteiger partial charge in [0.2, 0.25) is 11.8 Å². The van der Waals surface area contributed by atoms with E-state index in [1.807, 2.05) is 12.1 Å². The first-order valence-electron chi connectivity index (χ1n) is 7.83. The Hall–Kier alpha value is -2.68. The minimum absolute atomic E-state index is 0.161. The van der Waals surface area contributed by atoms with Crippen LogP contribution in [0.2, 0.25) is 0 Å². The normalized spacial score (nSPS) is 17.6. The number of aryl methyl sites for hydroxylation is 1. The van der Waals surface area contributed by atoms with Gasteiger partial charge >= 0.3 is 0 Å². The molecule has 2 aliphatic rings. The third-order valence-corrected chi connectivity index (χ3v) is 5.24. The molecule has 3 heterocycles. The number of thiazole rings is 1. The number of hydrogen-bond acceptors (Lipinski definition) is 6. The van der Waals surface area contributed by atoms with Crippen LogP contribution in [-0.2, 0) is 21.4 Å². The molecule has 1 saturated heterocycles. The minimum atomic E-state index is -0.525. The number of hydrogen-bond donors (Lipinski definition) is 0. The summed E-state index contributed by atoms with van der Waals surface area (Å²) in [5.74, 6) is 0.167. The second-order valence-electron chi connectivity index (χ2n) is 5.79. The molecule has 2 aromatic rings. The lowest BCUT2D eigenvalue weighted by atomic mass is 10.3. The summed E-state index contributed by atoms with van der Waals surface area (Å²) in [5.41, 5.74) is 0.870. The molecule has 0 bridgehead atoms. The van der Waals surface area contributed by atoms with Gasteiger partial charge in [-0.2, -0.15) is 4.99 Å². The van der Waals surface area contributed by atoms with Gasteiger partial charge in [0, 0.05) is 32.0 Å². The zero-order chi connectivity index (χ0) is 17.6. The predicted molar refractivity (Wildman–Crippen MR) is 88.3 cm³/mol. The topological polar surface area (TPSA) is 90.2 Å². The number of nitrogens with zero attached hydrogens (tertiary/aromatic N) is 3. The van der Waals surface area contributed by atoms with Crippen LogP contribution in [0.25, 0.3) is 10.2 Å². The third kappa shape index (κ3) is 2.80. The quantitative estimate of drug-likeness (QED) is 0.730. The fourth-order valence-corrected chi connectivity index (χ4v) is 3.89. The van der Waals surface area contributed by atoms with Crippen molar-refractivity contribution in [2.75, 3.05) is 19.8 Å². The van der Waals surface area contributed by atoms with Gasteiger partial charge in [0.1, 0.15) is 19.8 Å². The number of ether oxygens (including phenoxy) is 2. The average Bonchev–Trinajstić information content (AvgIpc) is 3.07. The van der Waals surface area contributed by atoms with Crippen molar-refractivity contribution >= 4 is 39.3 Å². The molecule has 0 atom stereocenters. The maximum absolute atomic E-state index is 12.2. The molecule has 1 aromatic heterocycles. The Bertz CT molecular complexity index is 958. The fraction of sp³-hybridized carbons (Fsp3) is 0.375. The van der Waals surface area contributed by atoms with E-state index in [0.29, 0.717) is 29.5 Å². The Balaban J connectivity index is 1.67. The molecule has 1 aromatic carbocycles. The van der Waals surface area contributed by atoms with Gasteiger partial charge in [0.25, 0.3) is 5.91 Å². The molecule has 0 saturated carbocycles. The van der Waals surface area contributed by atoms with E-state index in [0.717, 1.165) is 15.1 Å². The molecule has 3 amide bonds. The number of benzene rings is 1. The number of carbonyl (C=O) groups is 3. The molecule has 9 heteroatoms. The highest BCUT2D eigenvalue weighted by Gasteiger charge is 2.30. The Morgan fingerprint density at radius 2 is 1.80 bits per heavy atom. The van der Waals surface area contributed by atoms with E-state index >= 15 is 0 Å². The number of amides is 3. The molecule has 0 radical (unpaired) electrons. The predicted octanol–water partition coefficient (Wildman–Crippen LogP) is 0.587. The molecule has 0 N–H and O–H groups in total. The van der Waals surface area contributed by atoms with Crippen LogP contribution in [0.1, 0.15) is 12.8 Å². The maximum Gasteiger partial charge on any atom is 0.268 e. The van der Waals surface area contributed by atoms with Crippen molar-refractivity contribution in [1.29, 1.82) is 0 Å². The van der Waals surface area contributed by atoms with Gasteiger partial charge in [0.15, 0.2) is 16.3 Å². The molecule has 8 nitrogen and oxygen atoms in total. The SMILES string of the molecule is Cn1c(=NC(=O)CN2C(=O)CCC2=O)sc2cc3c(cc21)OCCO3. The highest BCUT2D eigenvalue weighted by molar-refractivity contribution is 7.16. The molecule has 0 unspecified atom stereocenters. The summed E-state index contributed by atoms with van der Waals surface area (Å²) in [4.78, 5) is 40.9. The highest BCUT2D eigenvalue weighted by atomic mass is 32.1. The molecular weight excluding hydrogens is 346 g/mol. The minimum Gasteiger partial charge on any atom is -0.486 e. The standard InChI is InChI=1S/C16H15N3O5S/c1-18-9-6-10-11(24-5-4-23-10)7-12(9)25-16(18)17-13(20)8-19-14(21)2-3-15(19)22/h6-7H,2-5,8H2,1H3. The van der Waals surface area contributed by atoms with Gasteiger partial charge in [-0.25, -0.2) is 0 Å². The average molecular weight is 361 g/mol. The van der Waals surface area contributed by atoms with Crippen LogP contribution in [0, 0.1) is 0 Å². The van der Waals surface area contributed by atoms with Crippen LogP contribution >= 0.6 is 11.3 Å². The fourth-order valence-electron chi connectivity index (χ4n) is 2.85. The smallest absolute Gasteiger partial charge is 0.268 e. The van der Waals surface area contributed by atoms with Gasteiger partial charge in [-0.15, -0.1) is 0 Å². The monoisotopic (exact) mass is 361 g/mol. The number of aromatic nitrogens is 1. The van der Waals surface area contributed by atoms with Gasteiger partial charge < -0.3 is 14.0 Å². The van der Waals surface area contributed by atoms with Crippen LogP contribution in [0.5, 0.6) is 11.5 Å². The molecule has 1 fully saturated rings. The van der Waals surface area contributed by atoms with Crippen molar-refractivity contribution in [3.8, 4) is 11.5 Å². The largest absolute Gasteiger partial charge is 0.486 e. The Morgan fingerprint density at radius 3 is 2.48 bits per heavy atom. The van der Waals surface area contributed by atoms with Gasteiger partial charge in [-0.3, -0.25) is 19.3 Å². The first-order valence-corrected chi connectivity index (χ1v) is 8.64. The summed E-state index contributed by atoms with van der Waals surface area (Å²) in [6.07, 6.45) is 0.322. The number of likely N-dealkylation sites (tertiary alicyclic amines) is 1.